The second-order valence-corrected chi connectivity index (χ2v) is 1.91. The molecule has 0 aliphatic carbocycles. The van der Waals surface area contributed by atoms with Crippen molar-refractivity contribution in [1.29, 1.82) is 0 Å². The van der Waals surface area contributed by atoms with Crippen LogP contribution in [0, 0.1) is 0 Å². The highest BCUT2D eigenvalue weighted by Gasteiger charge is 2.01. The third kappa shape index (κ3) is 2.44. The van der Waals surface area contributed by atoms with Crippen LogP contribution in [0.2, 0.25) is 0 Å². The average molecular weight is 144 g/mol. The summed E-state index contributed by atoms with van der Waals surface area (Å²) in [6, 6.07) is 0. The van der Waals surface area contributed by atoms with Gasteiger partial charge in [0.2, 0.25) is 0 Å². The van der Waals surface area contributed by atoms with Crippen LogP contribution in [0.5, 0.6) is 0 Å². The van der Waals surface area contributed by atoms with Crippen LogP contribution in [-0.4, -0.2) is 11.1 Å². The van der Waals surface area contributed by atoms with Gasteiger partial charge in [-0.2, -0.15) is 0 Å². The van der Waals surface area contributed by atoms with Crippen molar-refractivity contribution in [3.63, 3.8) is 0 Å². The molecule has 0 bridgehead atoms. The molecule has 0 fully saturated rings. The van der Waals surface area contributed by atoms with Gasteiger partial charge in [0.1, 0.15) is 0 Å². The van der Waals surface area contributed by atoms with Gasteiger partial charge in [0, 0.05) is 5.57 Å². The minimum Gasteiger partial charge on any atom is -0.478 e. The lowest BCUT2D eigenvalue weighted by Crippen LogP contribution is -1.97. The highest BCUT2D eigenvalue weighted by molar-refractivity contribution is 5.87. The summed E-state index contributed by atoms with van der Waals surface area (Å²) in [4.78, 5) is 10.2. The predicted octanol–water partition coefficient (Wildman–Crippen LogP) is 1.89. The first-order chi connectivity index (χ1) is 4.59. The zero-order chi connectivity index (χ0) is 8.15. The molecule has 1 N–H and O–H groups in total. The number of allylic oxidation sites excluding steroid dienone is 2. The van der Waals surface area contributed by atoms with Crippen LogP contribution in [0.1, 0.15) is 13.8 Å². The molecular formula is C7H9FO2. The summed E-state index contributed by atoms with van der Waals surface area (Å²) in [5.74, 6) is -1.02. The maximum absolute atomic E-state index is 11.5. The molecule has 0 heterocycles. The highest BCUT2D eigenvalue weighted by atomic mass is 19.1. The Labute approximate surface area is 58.7 Å². The molecule has 0 aliphatic heterocycles. The first-order valence-corrected chi connectivity index (χ1v) is 2.77. The molecule has 0 radical (unpaired) electrons. The Bertz CT molecular complexity index is 192. The first-order valence-electron chi connectivity index (χ1n) is 2.77. The number of hydrogen-bond donors (Lipinski definition) is 1. The Morgan fingerprint density at radius 3 is 2.30 bits per heavy atom. The monoisotopic (exact) mass is 144 g/mol. The van der Waals surface area contributed by atoms with Gasteiger partial charge < -0.3 is 5.11 Å². The summed E-state index contributed by atoms with van der Waals surface area (Å²) in [6.07, 6.45) is 1.44. The smallest absolute Gasteiger partial charge is 0.331 e. The van der Waals surface area contributed by atoms with Gasteiger partial charge in [0.05, 0.1) is 6.33 Å². The van der Waals surface area contributed by atoms with Gasteiger partial charge >= 0.3 is 5.97 Å². The lowest BCUT2D eigenvalue weighted by molar-refractivity contribution is -0.132. The van der Waals surface area contributed by atoms with Crippen LogP contribution in [-0.2, 0) is 4.79 Å². The standard InChI is InChI=1S/C7H9FO2/c1-5(3-4-8)6(2)7(9)10/h3-4H,1-2H3,(H,9,10). The minimum absolute atomic E-state index is 0.161. The van der Waals surface area contributed by atoms with E-state index in [0.717, 1.165) is 6.08 Å². The van der Waals surface area contributed by atoms with E-state index < -0.39 is 5.97 Å². The van der Waals surface area contributed by atoms with Crippen molar-refractivity contribution in [1.82, 2.24) is 0 Å². The Morgan fingerprint density at radius 1 is 1.50 bits per heavy atom. The molecule has 56 valence electrons. The number of carboxylic acid groups (broad SMARTS) is 1. The number of hydrogen-bond acceptors (Lipinski definition) is 1. The molecule has 0 saturated carbocycles. The summed E-state index contributed by atoms with van der Waals surface area (Å²) in [5, 5.41) is 8.36. The molecule has 0 rings (SSSR count). The van der Waals surface area contributed by atoms with Crippen molar-refractivity contribution in [2.45, 2.75) is 13.8 Å². The first kappa shape index (κ1) is 8.88. The van der Waals surface area contributed by atoms with E-state index in [1.165, 1.54) is 6.92 Å². The number of rotatable bonds is 2. The summed E-state index contributed by atoms with van der Waals surface area (Å²) in [5.41, 5.74) is 0.587. The van der Waals surface area contributed by atoms with E-state index in [2.05, 4.69) is 0 Å². The van der Waals surface area contributed by atoms with Crippen LogP contribution in [0.3, 0.4) is 0 Å². The molecule has 0 aliphatic rings. The van der Waals surface area contributed by atoms with Crippen LogP contribution >= 0.6 is 0 Å². The quantitative estimate of drug-likeness (QED) is 0.474. The molecule has 3 heteroatoms. The zero-order valence-electron chi connectivity index (χ0n) is 5.89. The van der Waals surface area contributed by atoms with Gasteiger partial charge in [0.15, 0.2) is 0 Å². The molecule has 0 spiro atoms. The molecule has 0 aromatic rings. The molecular weight excluding hydrogens is 135 g/mol. The molecule has 0 aromatic heterocycles. The lowest BCUT2D eigenvalue weighted by atomic mass is 10.1. The molecule has 2 nitrogen and oxygen atoms in total. The molecule has 10 heavy (non-hydrogen) atoms. The van der Waals surface area contributed by atoms with E-state index in [4.69, 9.17) is 5.11 Å². The average Bonchev–Trinajstić information content (AvgIpc) is 1.87. The fourth-order valence-electron chi connectivity index (χ4n) is 0.388. The van der Waals surface area contributed by atoms with Gasteiger partial charge in [0.25, 0.3) is 0 Å². The largest absolute Gasteiger partial charge is 0.478 e. The van der Waals surface area contributed by atoms with E-state index in [9.17, 15) is 9.18 Å². The molecule has 0 saturated heterocycles. The molecule has 0 unspecified atom stereocenters. The fraction of sp³-hybridized carbons (Fsp3) is 0.286. The van der Waals surface area contributed by atoms with Gasteiger partial charge in [-0.3, -0.25) is 0 Å². The van der Waals surface area contributed by atoms with Gasteiger partial charge in [-0.25, -0.2) is 9.18 Å². The SMILES string of the molecule is CC(C=CF)=C(C)C(=O)O. The van der Waals surface area contributed by atoms with E-state index in [0.29, 0.717) is 11.9 Å². The zero-order valence-corrected chi connectivity index (χ0v) is 5.89. The highest BCUT2D eigenvalue weighted by Crippen LogP contribution is 2.04. The molecule has 0 aromatic carbocycles. The lowest BCUT2D eigenvalue weighted by Gasteiger charge is -1.94. The van der Waals surface area contributed by atoms with E-state index in [-0.39, 0.29) is 5.57 Å². The third-order valence-corrected chi connectivity index (χ3v) is 1.23. The Kier molecular flexibility index (Phi) is 3.39. The minimum atomic E-state index is -1.02. The van der Waals surface area contributed by atoms with Crippen LogP contribution in [0.4, 0.5) is 4.39 Å². The third-order valence-electron chi connectivity index (χ3n) is 1.23. The topological polar surface area (TPSA) is 37.3 Å². The summed E-state index contributed by atoms with van der Waals surface area (Å²) >= 11 is 0. The van der Waals surface area contributed by atoms with Crippen molar-refractivity contribution in [2.75, 3.05) is 0 Å². The van der Waals surface area contributed by atoms with Crippen molar-refractivity contribution in [3.05, 3.63) is 23.6 Å². The Hall–Kier alpha value is -1.12. The number of carbonyl (C=O) groups is 1. The normalized spacial score (nSPS) is 13.5. The Balaban J connectivity index is 4.50. The van der Waals surface area contributed by atoms with E-state index >= 15 is 0 Å². The number of carboxylic acids is 1. The van der Waals surface area contributed by atoms with Gasteiger partial charge in [-0.15, -0.1) is 0 Å². The summed E-state index contributed by atoms with van der Waals surface area (Å²) < 4.78 is 11.5. The van der Waals surface area contributed by atoms with Crippen molar-refractivity contribution < 1.29 is 14.3 Å². The van der Waals surface area contributed by atoms with E-state index in [1.54, 1.807) is 6.92 Å². The second-order valence-electron chi connectivity index (χ2n) is 1.91. The van der Waals surface area contributed by atoms with Crippen molar-refractivity contribution in [3.8, 4) is 0 Å². The Morgan fingerprint density at radius 2 is 2.00 bits per heavy atom. The summed E-state index contributed by atoms with van der Waals surface area (Å²) in [6.45, 7) is 2.97. The van der Waals surface area contributed by atoms with Crippen LogP contribution in [0.15, 0.2) is 23.6 Å². The maximum atomic E-state index is 11.5. The number of aliphatic carboxylic acids is 1. The van der Waals surface area contributed by atoms with E-state index in [1.807, 2.05) is 0 Å². The van der Waals surface area contributed by atoms with Gasteiger partial charge in [-0.05, 0) is 25.5 Å². The van der Waals surface area contributed by atoms with Crippen LogP contribution < -0.4 is 0 Å². The second kappa shape index (κ2) is 3.82. The van der Waals surface area contributed by atoms with Gasteiger partial charge in [-0.1, -0.05) is 0 Å². The molecule has 0 atom stereocenters. The van der Waals surface area contributed by atoms with Crippen molar-refractivity contribution in [2.24, 2.45) is 0 Å². The predicted molar refractivity (Wildman–Crippen MR) is 36.3 cm³/mol. The maximum Gasteiger partial charge on any atom is 0.331 e. The summed E-state index contributed by atoms with van der Waals surface area (Å²) in [7, 11) is 0. The number of halogens is 1. The van der Waals surface area contributed by atoms with Crippen molar-refractivity contribution >= 4 is 5.97 Å². The molecule has 0 amide bonds. The van der Waals surface area contributed by atoms with Crippen LogP contribution in [0.25, 0.3) is 0 Å². The fourth-order valence-corrected chi connectivity index (χ4v) is 0.388.